The van der Waals surface area contributed by atoms with Crippen LogP contribution in [-0.2, 0) is 0 Å². The summed E-state index contributed by atoms with van der Waals surface area (Å²) in [6.07, 6.45) is -2.17. The van der Waals surface area contributed by atoms with Gasteiger partial charge in [0.2, 0.25) is 0 Å². The van der Waals surface area contributed by atoms with Crippen molar-refractivity contribution < 1.29 is 14.3 Å². The molecule has 1 aliphatic heterocycles. The average Bonchev–Trinajstić information content (AvgIpc) is 2.32. The first-order chi connectivity index (χ1) is 6.34. The van der Waals surface area contributed by atoms with Gasteiger partial charge in [-0.15, -0.1) is 0 Å². The SMILES string of the molecule is CC(C)(C)N(C(=O)O)[C@H]1CNC[C@H]1F. The van der Waals surface area contributed by atoms with E-state index in [2.05, 4.69) is 5.32 Å². The third-order valence-electron chi connectivity index (χ3n) is 2.37. The molecule has 2 N–H and O–H groups in total. The highest BCUT2D eigenvalue weighted by atomic mass is 19.1. The van der Waals surface area contributed by atoms with E-state index in [-0.39, 0.29) is 6.54 Å². The second-order valence-electron chi connectivity index (χ2n) is 4.56. The molecule has 1 heterocycles. The molecule has 0 aliphatic carbocycles. The van der Waals surface area contributed by atoms with Crippen LogP contribution < -0.4 is 5.32 Å². The number of carboxylic acid groups (broad SMARTS) is 1. The van der Waals surface area contributed by atoms with E-state index >= 15 is 0 Å². The molecule has 4 nitrogen and oxygen atoms in total. The smallest absolute Gasteiger partial charge is 0.408 e. The molecule has 0 aromatic rings. The quantitative estimate of drug-likeness (QED) is 0.672. The summed E-state index contributed by atoms with van der Waals surface area (Å²) >= 11 is 0. The fourth-order valence-corrected chi connectivity index (χ4v) is 1.81. The summed E-state index contributed by atoms with van der Waals surface area (Å²) in [5.41, 5.74) is -0.563. The maximum Gasteiger partial charge on any atom is 0.408 e. The number of nitrogens with one attached hydrogen (secondary N) is 1. The van der Waals surface area contributed by atoms with Crippen LogP contribution in [0.25, 0.3) is 0 Å². The molecule has 14 heavy (non-hydrogen) atoms. The van der Waals surface area contributed by atoms with Crippen LogP contribution in [0.1, 0.15) is 20.8 Å². The number of carbonyl (C=O) groups is 1. The largest absolute Gasteiger partial charge is 0.465 e. The van der Waals surface area contributed by atoms with Crippen LogP contribution in [-0.4, -0.2) is 46.9 Å². The molecule has 1 saturated heterocycles. The van der Waals surface area contributed by atoms with Crippen molar-refractivity contribution in [2.24, 2.45) is 0 Å². The Morgan fingerprint density at radius 3 is 2.36 bits per heavy atom. The van der Waals surface area contributed by atoms with Gasteiger partial charge >= 0.3 is 6.09 Å². The van der Waals surface area contributed by atoms with Gasteiger partial charge in [-0.25, -0.2) is 9.18 Å². The summed E-state index contributed by atoms with van der Waals surface area (Å²) in [5, 5.41) is 11.9. The van der Waals surface area contributed by atoms with Crippen LogP contribution in [0.4, 0.5) is 9.18 Å². The predicted octanol–water partition coefficient (Wildman–Crippen LogP) is 1.07. The van der Waals surface area contributed by atoms with Gasteiger partial charge in [0.25, 0.3) is 0 Å². The number of hydrogen-bond donors (Lipinski definition) is 2. The molecule has 1 amide bonds. The highest BCUT2D eigenvalue weighted by molar-refractivity contribution is 5.66. The average molecular weight is 204 g/mol. The Labute approximate surface area is 83.1 Å². The predicted molar refractivity (Wildman–Crippen MR) is 51.2 cm³/mol. The summed E-state index contributed by atoms with van der Waals surface area (Å²) < 4.78 is 13.4. The van der Waals surface area contributed by atoms with Crippen molar-refractivity contribution in [1.29, 1.82) is 0 Å². The third-order valence-corrected chi connectivity index (χ3v) is 2.37. The topological polar surface area (TPSA) is 52.6 Å². The van der Waals surface area contributed by atoms with Crippen LogP contribution >= 0.6 is 0 Å². The summed E-state index contributed by atoms with van der Waals surface area (Å²) in [5.74, 6) is 0. The zero-order chi connectivity index (χ0) is 10.9. The minimum Gasteiger partial charge on any atom is -0.465 e. The Hall–Kier alpha value is -0.840. The lowest BCUT2D eigenvalue weighted by Crippen LogP contribution is -2.54. The Kier molecular flexibility index (Phi) is 2.99. The van der Waals surface area contributed by atoms with E-state index in [0.29, 0.717) is 6.54 Å². The molecule has 2 atom stereocenters. The van der Waals surface area contributed by atoms with E-state index in [1.165, 1.54) is 4.90 Å². The van der Waals surface area contributed by atoms with Crippen molar-refractivity contribution in [2.45, 2.75) is 38.5 Å². The second kappa shape index (κ2) is 3.73. The van der Waals surface area contributed by atoms with Crippen molar-refractivity contribution in [1.82, 2.24) is 10.2 Å². The van der Waals surface area contributed by atoms with Gasteiger partial charge in [-0.3, -0.25) is 4.90 Å². The van der Waals surface area contributed by atoms with Crippen molar-refractivity contribution in [3.05, 3.63) is 0 Å². The van der Waals surface area contributed by atoms with E-state index in [9.17, 15) is 9.18 Å². The van der Waals surface area contributed by atoms with Crippen molar-refractivity contribution in [2.75, 3.05) is 13.1 Å². The lowest BCUT2D eigenvalue weighted by Gasteiger charge is -2.38. The number of alkyl halides is 1. The number of rotatable bonds is 1. The summed E-state index contributed by atoms with van der Waals surface area (Å²) in [6.45, 7) is 5.94. The monoisotopic (exact) mass is 204 g/mol. The number of amides is 1. The van der Waals surface area contributed by atoms with E-state index < -0.39 is 23.8 Å². The molecular formula is C9H17FN2O2. The second-order valence-corrected chi connectivity index (χ2v) is 4.56. The van der Waals surface area contributed by atoms with Gasteiger partial charge in [-0.05, 0) is 20.8 Å². The minimum atomic E-state index is -1.11. The molecule has 5 heteroatoms. The molecule has 0 saturated carbocycles. The van der Waals surface area contributed by atoms with E-state index in [4.69, 9.17) is 5.11 Å². The maximum atomic E-state index is 13.4. The molecule has 0 spiro atoms. The lowest BCUT2D eigenvalue weighted by molar-refractivity contribution is 0.0540. The normalized spacial score (nSPS) is 27.7. The Balaban J connectivity index is 2.83. The summed E-state index contributed by atoms with van der Waals surface area (Å²) in [4.78, 5) is 12.2. The number of hydrogen-bond acceptors (Lipinski definition) is 2. The molecular weight excluding hydrogens is 187 g/mol. The summed E-state index contributed by atoms with van der Waals surface area (Å²) in [6, 6.07) is -0.563. The zero-order valence-corrected chi connectivity index (χ0v) is 8.75. The van der Waals surface area contributed by atoms with Crippen molar-refractivity contribution >= 4 is 6.09 Å². The number of halogens is 1. The highest BCUT2D eigenvalue weighted by Gasteiger charge is 2.40. The Morgan fingerprint density at radius 2 is 2.07 bits per heavy atom. The molecule has 1 fully saturated rings. The fourth-order valence-electron chi connectivity index (χ4n) is 1.81. The van der Waals surface area contributed by atoms with Gasteiger partial charge in [0, 0.05) is 18.6 Å². The van der Waals surface area contributed by atoms with Crippen molar-refractivity contribution in [3.63, 3.8) is 0 Å². The van der Waals surface area contributed by atoms with Gasteiger partial charge in [0.15, 0.2) is 0 Å². The number of nitrogens with zero attached hydrogens (tertiary/aromatic N) is 1. The van der Waals surface area contributed by atoms with Gasteiger partial charge in [0.05, 0.1) is 6.04 Å². The van der Waals surface area contributed by atoms with Crippen LogP contribution in [0.3, 0.4) is 0 Å². The first-order valence-electron chi connectivity index (χ1n) is 4.71. The van der Waals surface area contributed by atoms with Crippen LogP contribution in [0, 0.1) is 0 Å². The van der Waals surface area contributed by atoms with Crippen LogP contribution in [0.15, 0.2) is 0 Å². The molecule has 82 valence electrons. The first-order valence-corrected chi connectivity index (χ1v) is 4.71. The molecule has 0 unspecified atom stereocenters. The summed E-state index contributed by atoms with van der Waals surface area (Å²) in [7, 11) is 0. The molecule has 1 rings (SSSR count). The first kappa shape index (κ1) is 11.2. The highest BCUT2D eigenvalue weighted by Crippen LogP contribution is 2.22. The lowest BCUT2D eigenvalue weighted by atomic mass is 10.0. The van der Waals surface area contributed by atoms with Gasteiger partial charge in [-0.2, -0.15) is 0 Å². The third kappa shape index (κ3) is 2.15. The van der Waals surface area contributed by atoms with E-state index in [1.54, 1.807) is 20.8 Å². The Bertz CT molecular complexity index is 227. The van der Waals surface area contributed by atoms with Crippen LogP contribution in [0.2, 0.25) is 0 Å². The van der Waals surface area contributed by atoms with Crippen LogP contribution in [0.5, 0.6) is 0 Å². The maximum absolute atomic E-state index is 13.4. The van der Waals surface area contributed by atoms with E-state index in [1.807, 2.05) is 0 Å². The van der Waals surface area contributed by atoms with Gasteiger partial charge in [-0.1, -0.05) is 0 Å². The molecule has 0 bridgehead atoms. The van der Waals surface area contributed by atoms with Gasteiger partial charge in [0.1, 0.15) is 6.17 Å². The minimum absolute atomic E-state index is 0.241. The molecule has 1 aliphatic rings. The standard InChI is InChI=1S/C9H17FN2O2/c1-9(2,3)12(8(13)14)7-5-11-4-6(7)10/h6-7,11H,4-5H2,1-3H3,(H,13,14)/t6-,7+/m1/s1. The molecule has 0 aromatic heterocycles. The van der Waals surface area contributed by atoms with Crippen molar-refractivity contribution in [3.8, 4) is 0 Å². The molecule has 0 aromatic carbocycles. The zero-order valence-electron chi connectivity index (χ0n) is 8.75. The van der Waals surface area contributed by atoms with Gasteiger partial charge < -0.3 is 10.4 Å². The Morgan fingerprint density at radius 1 is 1.50 bits per heavy atom. The molecule has 0 radical (unpaired) electrons. The fraction of sp³-hybridized carbons (Fsp3) is 0.889. The van der Waals surface area contributed by atoms with E-state index in [0.717, 1.165) is 0 Å².